The molecule has 1 aromatic heterocycles. The molecule has 0 bridgehead atoms. The van der Waals surface area contributed by atoms with Crippen molar-refractivity contribution in [2.45, 2.75) is 25.4 Å². The zero-order chi connectivity index (χ0) is 22.3. The van der Waals surface area contributed by atoms with E-state index >= 15 is 0 Å². The lowest BCUT2D eigenvalue weighted by Gasteiger charge is -2.26. The van der Waals surface area contributed by atoms with E-state index in [1.807, 2.05) is 24.3 Å². The van der Waals surface area contributed by atoms with Crippen LogP contribution in [0.4, 0.5) is 0 Å². The summed E-state index contributed by atoms with van der Waals surface area (Å²) in [7, 11) is 3.14. The molecule has 2 aromatic carbocycles. The molecule has 1 N–H and O–H groups in total. The molecule has 1 fully saturated rings. The lowest BCUT2D eigenvalue weighted by molar-refractivity contribution is 0.0950. The summed E-state index contributed by atoms with van der Waals surface area (Å²) in [6.07, 6.45) is 8.29. The molecule has 8 heteroatoms. The van der Waals surface area contributed by atoms with Gasteiger partial charge in [-0.2, -0.15) is 5.10 Å². The summed E-state index contributed by atoms with van der Waals surface area (Å²) in [6, 6.07) is 12.9. The van der Waals surface area contributed by atoms with Gasteiger partial charge in [0.25, 0.3) is 5.91 Å². The second-order valence-corrected chi connectivity index (χ2v) is 7.33. The fourth-order valence-corrected chi connectivity index (χ4v) is 3.13. The Bertz CT molecular complexity index is 1090. The van der Waals surface area contributed by atoms with E-state index in [2.05, 4.69) is 20.5 Å². The third-order valence-electron chi connectivity index (χ3n) is 5.13. The summed E-state index contributed by atoms with van der Waals surface area (Å²) < 4.78 is 16.3. The SMILES string of the molecule is COc1cc(/C=N/NC(=O)c2cncc(-c3ccc(OC4CCC4)cc3)n2)cc(OC)c1. The highest BCUT2D eigenvalue weighted by molar-refractivity contribution is 5.93. The predicted octanol–water partition coefficient (Wildman–Crippen LogP) is 3.86. The minimum Gasteiger partial charge on any atom is -0.497 e. The van der Waals surface area contributed by atoms with Crippen LogP contribution in [0.25, 0.3) is 11.3 Å². The molecule has 164 valence electrons. The molecule has 0 spiro atoms. The molecule has 4 rings (SSSR count). The van der Waals surface area contributed by atoms with Crippen molar-refractivity contribution in [1.29, 1.82) is 0 Å². The molecule has 3 aromatic rings. The van der Waals surface area contributed by atoms with E-state index < -0.39 is 5.91 Å². The van der Waals surface area contributed by atoms with E-state index in [0.29, 0.717) is 28.9 Å². The first-order valence-corrected chi connectivity index (χ1v) is 10.3. The molecule has 0 atom stereocenters. The Morgan fingerprint density at radius 1 is 1.03 bits per heavy atom. The second-order valence-electron chi connectivity index (χ2n) is 7.33. The number of carbonyl (C=O) groups excluding carboxylic acids is 1. The average Bonchev–Trinajstić information content (AvgIpc) is 2.81. The Labute approximate surface area is 186 Å². The van der Waals surface area contributed by atoms with Crippen molar-refractivity contribution in [3.8, 4) is 28.5 Å². The smallest absolute Gasteiger partial charge is 0.291 e. The van der Waals surface area contributed by atoms with Crippen molar-refractivity contribution >= 4 is 12.1 Å². The molecule has 0 unspecified atom stereocenters. The number of hydrogen-bond acceptors (Lipinski definition) is 7. The molecule has 1 aliphatic rings. The molecule has 1 heterocycles. The Morgan fingerprint density at radius 3 is 2.38 bits per heavy atom. The van der Waals surface area contributed by atoms with Gasteiger partial charge >= 0.3 is 0 Å². The number of benzene rings is 2. The van der Waals surface area contributed by atoms with Crippen LogP contribution in [0, 0.1) is 0 Å². The highest BCUT2D eigenvalue weighted by Crippen LogP contribution is 2.27. The lowest BCUT2D eigenvalue weighted by Crippen LogP contribution is -2.24. The van der Waals surface area contributed by atoms with Crippen molar-refractivity contribution in [1.82, 2.24) is 15.4 Å². The number of hydrogen-bond donors (Lipinski definition) is 1. The first kappa shape index (κ1) is 21.3. The molecular formula is C24H24N4O4. The number of carbonyl (C=O) groups is 1. The fraction of sp³-hybridized carbons (Fsp3) is 0.250. The Morgan fingerprint density at radius 2 is 1.75 bits per heavy atom. The fourth-order valence-electron chi connectivity index (χ4n) is 3.13. The van der Waals surface area contributed by atoms with Gasteiger partial charge in [0.1, 0.15) is 22.9 Å². The van der Waals surface area contributed by atoms with Crippen LogP contribution in [0.15, 0.2) is 60.0 Å². The Hall–Kier alpha value is -3.94. The van der Waals surface area contributed by atoms with Crippen LogP contribution >= 0.6 is 0 Å². The van der Waals surface area contributed by atoms with Gasteiger partial charge in [0.15, 0.2) is 0 Å². The predicted molar refractivity (Wildman–Crippen MR) is 120 cm³/mol. The van der Waals surface area contributed by atoms with Crippen LogP contribution in [0.2, 0.25) is 0 Å². The van der Waals surface area contributed by atoms with Crippen molar-refractivity contribution in [2.24, 2.45) is 5.10 Å². The second kappa shape index (κ2) is 9.91. The van der Waals surface area contributed by atoms with Crippen molar-refractivity contribution in [2.75, 3.05) is 14.2 Å². The van der Waals surface area contributed by atoms with E-state index in [9.17, 15) is 4.79 Å². The maximum absolute atomic E-state index is 12.5. The average molecular weight is 432 g/mol. The summed E-state index contributed by atoms with van der Waals surface area (Å²) in [4.78, 5) is 21.0. The van der Waals surface area contributed by atoms with Gasteiger partial charge in [-0.25, -0.2) is 10.4 Å². The van der Waals surface area contributed by atoms with Crippen molar-refractivity contribution in [3.63, 3.8) is 0 Å². The molecule has 0 radical (unpaired) electrons. The third kappa shape index (κ3) is 5.21. The van der Waals surface area contributed by atoms with E-state index in [-0.39, 0.29) is 5.69 Å². The highest BCUT2D eigenvalue weighted by atomic mass is 16.5. The van der Waals surface area contributed by atoms with Gasteiger partial charge in [0.2, 0.25) is 0 Å². The molecule has 0 aliphatic heterocycles. The summed E-state index contributed by atoms with van der Waals surface area (Å²) in [5, 5.41) is 4.00. The maximum Gasteiger partial charge on any atom is 0.291 e. The third-order valence-corrected chi connectivity index (χ3v) is 5.13. The van der Waals surface area contributed by atoms with Gasteiger partial charge in [-0.1, -0.05) is 0 Å². The van der Waals surface area contributed by atoms with Crippen molar-refractivity contribution < 1.29 is 19.0 Å². The molecule has 1 amide bonds. The minimum absolute atomic E-state index is 0.165. The molecule has 1 aliphatic carbocycles. The van der Waals surface area contributed by atoms with E-state index in [1.54, 1.807) is 38.6 Å². The molecular weight excluding hydrogens is 408 g/mol. The normalized spacial score (nSPS) is 13.4. The number of ether oxygens (including phenoxy) is 3. The molecule has 1 saturated carbocycles. The number of methoxy groups -OCH3 is 2. The van der Waals surface area contributed by atoms with Gasteiger partial charge < -0.3 is 14.2 Å². The van der Waals surface area contributed by atoms with Crippen LogP contribution in [0.1, 0.15) is 35.3 Å². The summed E-state index contributed by atoms with van der Waals surface area (Å²) >= 11 is 0. The quantitative estimate of drug-likeness (QED) is 0.429. The molecule has 32 heavy (non-hydrogen) atoms. The van der Waals surface area contributed by atoms with Gasteiger partial charge in [0.05, 0.1) is 44.6 Å². The zero-order valence-corrected chi connectivity index (χ0v) is 17.9. The van der Waals surface area contributed by atoms with Crippen LogP contribution in [0.5, 0.6) is 17.2 Å². The van der Waals surface area contributed by atoms with Crippen LogP contribution < -0.4 is 19.6 Å². The summed E-state index contributed by atoms with van der Waals surface area (Å²) in [5.74, 6) is 1.62. The number of amides is 1. The highest BCUT2D eigenvalue weighted by Gasteiger charge is 2.19. The van der Waals surface area contributed by atoms with Crippen LogP contribution in [0.3, 0.4) is 0 Å². The number of rotatable bonds is 8. The standard InChI is InChI=1S/C24H24N4O4/c1-30-20-10-16(11-21(12-20)31-2)13-26-28-24(29)23-15-25-14-22(27-23)17-6-8-19(9-7-17)32-18-4-3-5-18/h6-15,18H,3-5H2,1-2H3,(H,28,29)/b26-13+. The van der Waals surface area contributed by atoms with Crippen LogP contribution in [-0.2, 0) is 0 Å². The van der Waals surface area contributed by atoms with E-state index in [0.717, 1.165) is 24.2 Å². The zero-order valence-electron chi connectivity index (χ0n) is 17.9. The number of nitrogens with zero attached hydrogens (tertiary/aromatic N) is 3. The number of aromatic nitrogens is 2. The van der Waals surface area contributed by atoms with E-state index in [1.165, 1.54) is 18.8 Å². The first-order valence-electron chi connectivity index (χ1n) is 10.3. The van der Waals surface area contributed by atoms with Crippen LogP contribution in [-0.4, -0.2) is 42.4 Å². The van der Waals surface area contributed by atoms with Crippen molar-refractivity contribution in [3.05, 3.63) is 66.1 Å². The lowest BCUT2D eigenvalue weighted by atomic mass is 9.96. The molecule has 0 saturated heterocycles. The van der Waals surface area contributed by atoms with Gasteiger partial charge in [-0.05, 0) is 55.7 Å². The first-order chi connectivity index (χ1) is 15.6. The number of nitrogens with one attached hydrogen (secondary N) is 1. The van der Waals surface area contributed by atoms with E-state index in [4.69, 9.17) is 14.2 Å². The van der Waals surface area contributed by atoms with Gasteiger partial charge in [0, 0.05) is 17.2 Å². The monoisotopic (exact) mass is 432 g/mol. The topological polar surface area (TPSA) is 94.9 Å². The summed E-state index contributed by atoms with van der Waals surface area (Å²) in [5.41, 5.74) is 4.79. The van der Waals surface area contributed by atoms with Gasteiger partial charge in [-0.15, -0.1) is 0 Å². The number of hydrazone groups is 1. The summed E-state index contributed by atoms with van der Waals surface area (Å²) in [6.45, 7) is 0. The van der Waals surface area contributed by atoms with Gasteiger partial charge in [-0.3, -0.25) is 9.78 Å². The minimum atomic E-state index is -0.463. The molecule has 8 nitrogen and oxygen atoms in total. The largest absolute Gasteiger partial charge is 0.497 e. The maximum atomic E-state index is 12.5. The Kier molecular flexibility index (Phi) is 6.60. The Balaban J connectivity index is 1.41.